The number of nitrogens with two attached hydrogens (primary N) is 1. The molecule has 1 spiro atoms. The number of hydrogen-bond acceptors (Lipinski definition) is 3. The van der Waals surface area contributed by atoms with E-state index in [1.165, 1.54) is 25.7 Å². The molecule has 2 N–H and O–H groups in total. The van der Waals surface area contributed by atoms with Crippen LogP contribution in [0.3, 0.4) is 0 Å². The van der Waals surface area contributed by atoms with Crippen molar-refractivity contribution in [1.29, 1.82) is 0 Å². The van der Waals surface area contributed by atoms with Crippen molar-refractivity contribution in [2.24, 2.45) is 5.73 Å². The Morgan fingerprint density at radius 2 is 2.13 bits per heavy atom. The van der Waals surface area contributed by atoms with Crippen molar-refractivity contribution in [1.82, 2.24) is 0 Å². The molecule has 1 heterocycles. The van der Waals surface area contributed by atoms with Gasteiger partial charge < -0.3 is 15.2 Å². The second kappa shape index (κ2) is 5.28. The summed E-state index contributed by atoms with van der Waals surface area (Å²) in [4.78, 5) is 0. The fourth-order valence-electron chi connectivity index (χ4n) is 2.83. The van der Waals surface area contributed by atoms with E-state index in [9.17, 15) is 0 Å². The molecule has 1 unspecified atom stereocenters. The summed E-state index contributed by atoms with van der Waals surface area (Å²) in [6.07, 6.45) is 8.70. The average molecular weight is 213 g/mol. The molecule has 15 heavy (non-hydrogen) atoms. The molecule has 3 nitrogen and oxygen atoms in total. The van der Waals surface area contributed by atoms with Crippen molar-refractivity contribution in [2.45, 2.75) is 56.7 Å². The molecule has 0 aromatic heterocycles. The molecule has 1 saturated carbocycles. The third kappa shape index (κ3) is 2.92. The van der Waals surface area contributed by atoms with Crippen LogP contribution in [0.15, 0.2) is 0 Å². The van der Waals surface area contributed by atoms with E-state index in [2.05, 4.69) is 0 Å². The topological polar surface area (TPSA) is 44.5 Å². The van der Waals surface area contributed by atoms with Crippen molar-refractivity contribution in [3.05, 3.63) is 0 Å². The van der Waals surface area contributed by atoms with E-state index in [0.717, 1.165) is 39.0 Å². The first kappa shape index (κ1) is 11.4. The smallest absolute Gasteiger partial charge is 0.0707 e. The molecule has 0 radical (unpaired) electrons. The summed E-state index contributed by atoms with van der Waals surface area (Å²) >= 11 is 0. The lowest BCUT2D eigenvalue weighted by molar-refractivity contribution is -0.130. The highest BCUT2D eigenvalue weighted by Crippen LogP contribution is 2.40. The highest BCUT2D eigenvalue weighted by molar-refractivity contribution is 4.91. The van der Waals surface area contributed by atoms with E-state index < -0.39 is 0 Å². The zero-order valence-electron chi connectivity index (χ0n) is 9.54. The lowest BCUT2D eigenvalue weighted by Crippen LogP contribution is -2.40. The van der Waals surface area contributed by atoms with Gasteiger partial charge in [-0.2, -0.15) is 0 Å². The fourth-order valence-corrected chi connectivity index (χ4v) is 2.83. The summed E-state index contributed by atoms with van der Waals surface area (Å²) in [5.74, 6) is 0. The summed E-state index contributed by atoms with van der Waals surface area (Å²) in [7, 11) is 0. The Morgan fingerprint density at radius 1 is 1.33 bits per heavy atom. The minimum atomic E-state index is 0.186. The van der Waals surface area contributed by atoms with Crippen LogP contribution in [-0.4, -0.2) is 31.5 Å². The Labute approximate surface area is 92.3 Å². The van der Waals surface area contributed by atoms with Gasteiger partial charge in [-0.05, 0) is 32.2 Å². The Hall–Kier alpha value is -0.120. The van der Waals surface area contributed by atoms with Crippen LogP contribution in [0, 0.1) is 0 Å². The third-order valence-corrected chi connectivity index (χ3v) is 3.66. The first-order chi connectivity index (χ1) is 7.35. The molecule has 88 valence electrons. The van der Waals surface area contributed by atoms with E-state index in [-0.39, 0.29) is 5.60 Å². The van der Waals surface area contributed by atoms with Crippen molar-refractivity contribution in [3.63, 3.8) is 0 Å². The quantitative estimate of drug-likeness (QED) is 0.725. The number of ether oxygens (including phenoxy) is 2. The standard InChI is InChI=1S/C12H23NO2/c13-7-3-8-14-11-4-9-15-12(10-11)5-1-2-6-12/h11H,1-10,13H2. The van der Waals surface area contributed by atoms with Gasteiger partial charge in [0.15, 0.2) is 0 Å². The lowest BCUT2D eigenvalue weighted by atomic mass is 9.90. The first-order valence-electron chi connectivity index (χ1n) is 6.30. The van der Waals surface area contributed by atoms with Crippen LogP contribution in [0.2, 0.25) is 0 Å². The maximum atomic E-state index is 5.96. The van der Waals surface area contributed by atoms with Crippen LogP contribution in [0.1, 0.15) is 44.9 Å². The van der Waals surface area contributed by atoms with Gasteiger partial charge in [0.05, 0.1) is 11.7 Å². The SMILES string of the molecule is NCCCOC1CCOC2(CCCC2)C1. The van der Waals surface area contributed by atoms with E-state index in [1.807, 2.05) is 0 Å². The minimum absolute atomic E-state index is 0.186. The second-order valence-corrected chi connectivity index (χ2v) is 4.87. The molecular weight excluding hydrogens is 190 g/mol. The Balaban J connectivity index is 1.76. The highest BCUT2D eigenvalue weighted by Gasteiger charge is 2.40. The second-order valence-electron chi connectivity index (χ2n) is 4.87. The van der Waals surface area contributed by atoms with E-state index in [1.54, 1.807) is 0 Å². The van der Waals surface area contributed by atoms with Gasteiger partial charge in [0, 0.05) is 19.6 Å². The van der Waals surface area contributed by atoms with E-state index in [0.29, 0.717) is 6.10 Å². The van der Waals surface area contributed by atoms with Gasteiger partial charge >= 0.3 is 0 Å². The van der Waals surface area contributed by atoms with Crippen LogP contribution >= 0.6 is 0 Å². The summed E-state index contributed by atoms with van der Waals surface area (Å²) in [6, 6.07) is 0. The van der Waals surface area contributed by atoms with Crippen LogP contribution < -0.4 is 5.73 Å². The predicted molar refractivity (Wildman–Crippen MR) is 59.8 cm³/mol. The van der Waals surface area contributed by atoms with Gasteiger partial charge in [-0.1, -0.05) is 12.8 Å². The van der Waals surface area contributed by atoms with Crippen LogP contribution in [0.5, 0.6) is 0 Å². The molecule has 0 aromatic rings. The molecule has 2 fully saturated rings. The lowest BCUT2D eigenvalue weighted by Gasteiger charge is -2.38. The highest BCUT2D eigenvalue weighted by atomic mass is 16.5. The summed E-state index contributed by atoms with van der Waals surface area (Å²) in [5, 5.41) is 0. The van der Waals surface area contributed by atoms with Gasteiger partial charge in [0.1, 0.15) is 0 Å². The molecule has 1 aliphatic heterocycles. The van der Waals surface area contributed by atoms with Crippen molar-refractivity contribution in [3.8, 4) is 0 Å². The maximum absolute atomic E-state index is 5.96. The van der Waals surface area contributed by atoms with Gasteiger partial charge in [-0.25, -0.2) is 0 Å². The van der Waals surface area contributed by atoms with Gasteiger partial charge in [-0.15, -0.1) is 0 Å². The van der Waals surface area contributed by atoms with Crippen molar-refractivity contribution in [2.75, 3.05) is 19.8 Å². The van der Waals surface area contributed by atoms with Gasteiger partial charge in [-0.3, -0.25) is 0 Å². The molecule has 0 amide bonds. The molecule has 1 aliphatic carbocycles. The molecule has 0 aromatic carbocycles. The largest absolute Gasteiger partial charge is 0.378 e. The summed E-state index contributed by atoms with van der Waals surface area (Å²) < 4.78 is 11.8. The fraction of sp³-hybridized carbons (Fsp3) is 1.00. The first-order valence-corrected chi connectivity index (χ1v) is 6.30. The van der Waals surface area contributed by atoms with Crippen LogP contribution in [0.4, 0.5) is 0 Å². The molecular formula is C12H23NO2. The molecule has 1 atom stereocenters. The molecule has 0 bridgehead atoms. The van der Waals surface area contributed by atoms with Crippen LogP contribution in [-0.2, 0) is 9.47 Å². The summed E-state index contributed by atoms with van der Waals surface area (Å²) in [5.41, 5.74) is 5.64. The van der Waals surface area contributed by atoms with Gasteiger partial charge in [0.25, 0.3) is 0 Å². The Kier molecular flexibility index (Phi) is 4.00. The predicted octanol–water partition coefficient (Wildman–Crippen LogP) is 1.84. The normalized spacial score (nSPS) is 29.8. The average Bonchev–Trinajstić information content (AvgIpc) is 2.67. The van der Waals surface area contributed by atoms with E-state index >= 15 is 0 Å². The zero-order chi connectivity index (χ0) is 10.6. The number of hydrogen-bond donors (Lipinski definition) is 1. The van der Waals surface area contributed by atoms with Crippen molar-refractivity contribution >= 4 is 0 Å². The monoisotopic (exact) mass is 213 g/mol. The van der Waals surface area contributed by atoms with Crippen molar-refractivity contribution < 1.29 is 9.47 Å². The zero-order valence-corrected chi connectivity index (χ0v) is 9.54. The van der Waals surface area contributed by atoms with Crippen LogP contribution in [0.25, 0.3) is 0 Å². The minimum Gasteiger partial charge on any atom is -0.378 e. The third-order valence-electron chi connectivity index (χ3n) is 3.66. The molecule has 3 heteroatoms. The number of rotatable bonds is 4. The van der Waals surface area contributed by atoms with Gasteiger partial charge in [0.2, 0.25) is 0 Å². The molecule has 2 aliphatic rings. The summed E-state index contributed by atoms with van der Waals surface area (Å²) in [6.45, 7) is 2.43. The Bertz CT molecular complexity index is 190. The Morgan fingerprint density at radius 3 is 2.87 bits per heavy atom. The van der Waals surface area contributed by atoms with E-state index in [4.69, 9.17) is 15.2 Å². The maximum Gasteiger partial charge on any atom is 0.0707 e. The molecule has 2 rings (SSSR count). The molecule has 1 saturated heterocycles.